The monoisotopic (exact) mass is 389 g/mol. The number of hydrogen-bond donors (Lipinski definition) is 3. The lowest BCUT2D eigenvalue weighted by molar-refractivity contribution is 0.0951. The van der Waals surface area contributed by atoms with E-state index in [1.165, 1.54) is 12.8 Å². The first-order valence-corrected chi connectivity index (χ1v) is 10.1. The zero-order valence-electron chi connectivity index (χ0n) is 17.5. The zero-order valence-corrected chi connectivity index (χ0v) is 17.5. The standard InChI is InChI=1S/C21H35N5O2/c1-22-21(24-10-5-13-28-16-17-8-9-17)25-15-18-6-4-7-19(14-18)20(27)23-11-12-26(2)3/h4,6-7,14,17H,5,8-13,15-16H2,1-3H3,(H,23,27)(H2,22,24,25). The fraction of sp³-hybridized carbons (Fsp3) is 0.619. The molecule has 28 heavy (non-hydrogen) atoms. The molecule has 1 aliphatic rings. The molecule has 156 valence electrons. The summed E-state index contributed by atoms with van der Waals surface area (Å²) >= 11 is 0. The SMILES string of the molecule is CN=C(NCCCOCC1CC1)NCc1cccc(C(=O)NCCN(C)C)c1. The maximum absolute atomic E-state index is 12.2. The lowest BCUT2D eigenvalue weighted by Gasteiger charge is -2.13. The van der Waals surface area contributed by atoms with Gasteiger partial charge in [-0.25, -0.2) is 0 Å². The van der Waals surface area contributed by atoms with Crippen molar-refractivity contribution in [2.75, 3.05) is 54.0 Å². The number of benzene rings is 1. The number of likely N-dealkylation sites (N-methyl/N-ethyl adjacent to an activating group) is 1. The summed E-state index contributed by atoms with van der Waals surface area (Å²) in [5, 5.41) is 9.52. The van der Waals surface area contributed by atoms with Crippen LogP contribution in [0.1, 0.15) is 35.2 Å². The van der Waals surface area contributed by atoms with Gasteiger partial charge in [0.15, 0.2) is 5.96 Å². The average Bonchev–Trinajstić information content (AvgIpc) is 3.51. The molecule has 3 N–H and O–H groups in total. The lowest BCUT2D eigenvalue weighted by atomic mass is 10.1. The summed E-state index contributed by atoms with van der Waals surface area (Å²) in [6, 6.07) is 7.66. The average molecular weight is 390 g/mol. The minimum Gasteiger partial charge on any atom is -0.381 e. The third-order valence-electron chi connectivity index (χ3n) is 4.53. The molecule has 1 aliphatic carbocycles. The van der Waals surface area contributed by atoms with Crippen LogP contribution in [-0.4, -0.2) is 70.8 Å². The van der Waals surface area contributed by atoms with Gasteiger partial charge in [0.25, 0.3) is 5.91 Å². The van der Waals surface area contributed by atoms with Crippen LogP contribution < -0.4 is 16.0 Å². The number of rotatable bonds is 12. The van der Waals surface area contributed by atoms with Crippen LogP contribution in [-0.2, 0) is 11.3 Å². The van der Waals surface area contributed by atoms with Gasteiger partial charge in [-0.2, -0.15) is 0 Å². The second-order valence-electron chi connectivity index (χ2n) is 7.48. The summed E-state index contributed by atoms with van der Waals surface area (Å²) in [6.07, 6.45) is 3.61. The van der Waals surface area contributed by atoms with Crippen molar-refractivity contribution in [2.24, 2.45) is 10.9 Å². The van der Waals surface area contributed by atoms with Crippen molar-refractivity contribution in [2.45, 2.75) is 25.8 Å². The molecule has 0 bridgehead atoms. The molecule has 2 rings (SSSR count). The van der Waals surface area contributed by atoms with Gasteiger partial charge in [-0.1, -0.05) is 12.1 Å². The Balaban J connectivity index is 1.67. The molecule has 1 aromatic carbocycles. The van der Waals surface area contributed by atoms with E-state index in [2.05, 4.69) is 20.9 Å². The fourth-order valence-electron chi connectivity index (χ4n) is 2.64. The number of ether oxygens (including phenoxy) is 1. The normalized spacial score (nSPS) is 14.2. The van der Waals surface area contributed by atoms with E-state index in [0.717, 1.165) is 50.2 Å². The van der Waals surface area contributed by atoms with Crippen LogP contribution in [0.2, 0.25) is 0 Å². The molecule has 0 atom stereocenters. The molecule has 0 radical (unpaired) electrons. The van der Waals surface area contributed by atoms with Crippen LogP contribution in [0.4, 0.5) is 0 Å². The summed E-state index contributed by atoms with van der Waals surface area (Å²) < 4.78 is 5.64. The third-order valence-corrected chi connectivity index (χ3v) is 4.53. The summed E-state index contributed by atoms with van der Waals surface area (Å²) in [5.41, 5.74) is 1.71. The van der Waals surface area contributed by atoms with Gasteiger partial charge < -0.3 is 25.6 Å². The predicted octanol–water partition coefficient (Wildman–Crippen LogP) is 1.46. The molecular formula is C21H35N5O2. The maximum Gasteiger partial charge on any atom is 0.251 e. The molecule has 1 fully saturated rings. The molecule has 7 heteroatoms. The Kier molecular flexibility index (Phi) is 9.79. The van der Waals surface area contributed by atoms with E-state index >= 15 is 0 Å². The Labute approximate surface area is 168 Å². The number of carbonyl (C=O) groups excluding carboxylic acids is 1. The largest absolute Gasteiger partial charge is 0.381 e. The van der Waals surface area contributed by atoms with Crippen molar-refractivity contribution in [3.05, 3.63) is 35.4 Å². The van der Waals surface area contributed by atoms with Gasteiger partial charge in [-0.3, -0.25) is 9.79 Å². The number of guanidine groups is 1. The first kappa shape index (κ1) is 22.2. The highest BCUT2D eigenvalue weighted by atomic mass is 16.5. The van der Waals surface area contributed by atoms with Gasteiger partial charge in [-0.15, -0.1) is 0 Å². The smallest absolute Gasteiger partial charge is 0.251 e. The molecule has 1 amide bonds. The van der Waals surface area contributed by atoms with E-state index in [1.807, 2.05) is 43.3 Å². The summed E-state index contributed by atoms with van der Waals surface area (Å²) in [6.45, 7) is 4.57. The van der Waals surface area contributed by atoms with E-state index in [9.17, 15) is 4.79 Å². The molecule has 0 spiro atoms. The summed E-state index contributed by atoms with van der Waals surface area (Å²) in [5.74, 6) is 1.52. The highest BCUT2D eigenvalue weighted by molar-refractivity contribution is 5.94. The maximum atomic E-state index is 12.2. The minimum absolute atomic E-state index is 0.0441. The molecule has 0 unspecified atom stereocenters. The summed E-state index contributed by atoms with van der Waals surface area (Å²) in [7, 11) is 5.73. The van der Waals surface area contributed by atoms with Crippen molar-refractivity contribution < 1.29 is 9.53 Å². The second kappa shape index (κ2) is 12.4. The number of nitrogens with zero attached hydrogens (tertiary/aromatic N) is 2. The quantitative estimate of drug-likeness (QED) is 0.287. The Hall–Kier alpha value is -2.12. The van der Waals surface area contributed by atoms with Crippen LogP contribution in [0.25, 0.3) is 0 Å². The highest BCUT2D eigenvalue weighted by Gasteiger charge is 2.20. The van der Waals surface area contributed by atoms with Crippen molar-refractivity contribution in [1.29, 1.82) is 0 Å². The molecule has 0 aromatic heterocycles. The van der Waals surface area contributed by atoms with Crippen molar-refractivity contribution in [3.63, 3.8) is 0 Å². The molecule has 0 heterocycles. The van der Waals surface area contributed by atoms with Crippen LogP contribution in [0.5, 0.6) is 0 Å². The summed E-state index contributed by atoms with van der Waals surface area (Å²) in [4.78, 5) is 18.5. The van der Waals surface area contributed by atoms with Crippen molar-refractivity contribution >= 4 is 11.9 Å². The van der Waals surface area contributed by atoms with E-state index in [0.29, 0.717) is 18.7 Å². The topological polar surface area (TPSA) is 78.0 Å². The number of aliphatic imine (C=N–C) groups is 1. The van der Waals surface area contributed by atoms with Gasteiger partial charge in [0, 0.05) is 52.0 Å². The molecule has 0 aliphatic heterocycles. The van der Waals surface area contributed by atoms with Crippen molar-refractivity contribution in [3.8, 4) is 0 Å². The Morgan fingerprint density at radius 2 is 2.04 bits per heavy atom. The van der Waals surface area contributed by atoms with Crippen LogP contribution >= 0.6 is 0 Å². The number of hydrogen-bond acceptors (Lipinski definition) is 4. The second-order valence-corrected chi connectivity index (χ2v) is 7.48. The number of carbonyl (C=O) groups is 1. The molecule has 1 saturated carbocycles. The Morgan fingerprint density at radius 1 is 1.21 bits per heavy atom. The van der Waals surface area contributed by atoms with Crippen LogP contribution in [0.3, 0.4) is 0 Å². The first-order chi connectivity index (χ1) is 13.6. The van der Waals surface area contributed by atoms with Crippen molar-refractivity contribution in [1.82, 2.24) is 20.9 Å². The number of amides is 1. The van der Waals surface area contributed by atoms with Gasteiger partial charge in [0.1, 0.15) is 0 Å². The molecule has 1 aromatic rings. The number of nitrogens with one attached hydrogen (secondary N) is 3. The van der Waals surface area contributed by atoms with Gasteiger partial charge in [0.2, 0.25) is 0 Å². The third kappa shape index (κ3) is 9.19. The van der Waals surface area contributed by atoms with Gasteiger partial charge >= 0.3 is 0 Å². The lowest BCUT2D eigenvalue weighted by Crippen LogP contribution is -2.37. The molecular weight excluding hydrogens is 354 g/mol. The predicted molar refractivity (Wildman–Crippen MR) is 114 cm³/mol. The van der Waals surface area contributed by atoms with Gasteiger partial charge in [0.05, 0.1) is 0 Å². The van der Waals surface area contributed by atoms with Gasteiger partial charge in [-0.05, 0) is 57.0 Å². The first-order valence-electron chi connectivity index (χ1n) is 10.1. The van der Waals surface area contributed by atoms with Crippen LogP contribution in [0, 0.1) is 5.92 Å². The van der Waals surface area contributed by atoms with E-state index < -0.39 is 0 Å². The van der Waals surface area contributed by atoms with E-state index in [-0.39, 0.29) is 5.91 Å². The fourth-order valence-corrected chi connectivity index (χ4v) is 2.64. The zero-order chi connectivity index (χ0) is 20.2. The Morgan fingerprint density at radius 3 is 2.75 bits per heavy atom. The minimum atomic E-state index is -0.0441. The Bertz CT molecular complexity index is 629. The van der Waals surface area contributed by atoms with E-state index in [1.54, 1.807) is 7.05 Å². The molecule has 7 nitrogen and oxygen atoms in total. The highest BCUT2D eigenvalue weighted by Crippen LogP contribution is 2.28. The van der Waals surface area contributed by atoms with Crippen LogP contribution in [0.15, 0.2) is 29.3 Å². The van der Waals surface area contributed by atoms with E-state index in [4.69, 9.17) is 4.74 Å². The molecule has 0 saturated heterocycles.